The average molecular weight is 440 g/mol. The van der Waals surface area contributed by atoms with Gasteiger partial charge in [-0.25, -0.2) is 0 Å². The smallest absolute Gasteiger partial charge is 0.263 e. The van der Waals surface area contributed by atoms with Crippen LogP contribution in [0.15, 0.2) is 41.8 Å². The fraction of sp³-hybridized carbons (Fsp3) is 0.294. The SMILES string of the molecule is O=C(Nc1ccc(I)cc1)C1CCN(C(=O)c2cccs2)CC1. The molecule has 0 radical (unpaired) electrons. The highest BCUT2D eigenvalue weighted by molar-refractivity contribution is 14.1. The fourth-order valence-corrected chi connectivity index (χ4v) is 3.73. The van der Waals surface area contributed by atoms with E-state index in [1.54, 1.807) is 0 Å². The van der Waals surface area contributed by atoms with Crippen LogP contribution in [0, 0.1) is 9.49 Å². The minimum atomic E-state index is -0.0262. The molecule has 1 aromatic heterocycles. The van der Waals surface area contributed by atoms with Crippen molar-refractivity contribution in [2.24, 2.45) is 5.92 Å². The van der Waals surface area contributed by atoms with Gasteiger partial charge in [-0.2, -0.15) is 0 Å². The number of halogens is 1. The van der Waals surface area contributed by atoms with Gasteiger partial charge >= 0.3 is 0 Å². The molecule has 2 aromatic rings. The summed E-state index contributed by atoms with van der Waals surface area (Å²) in [6.07, 6.45) is 1.43. The quantitative estimate of drug-likeness (QED) is 0.738. The highest BCUT2D eigenvalue weighted by Crippen LogP contribution is 2.22. The summed E-state index contributed by atoms with van der Waals surface area (Å²) in [6, 6.07) is 11.5. The molecule has 23 heavy (non-hydrogen) atoms. The Morgan fingerprint density at radius 2 is 1.83 bits per heavy atom. The molecule has 2 heterocycles. The van der Waals surface area contributed by atoms with Crippen LogP contribution in [0.1, 0.15) is 22.5 Å². The Hall–Kier alpha value is -1.41. The lowest BCUT2D eigenvalue weighted by atomic mass is 9.95. The van der Waals surface area contributed by atoms with Crippen molar-refractivity contribution < 1.29 is 9.59 Å². The molecular formula is C17H17IN2O2S. The number of thiophene rings is 1. The third-order valence-electron chi connectivity index (χ3n) is 4.00. The lowest BCUT2D eigenvalue weighted by Gasteiger charge is -2.31. The number of rotatable bonds is 3. The van der Waals surface area contributed by atoms with Crippen LogP contribution in [0.5, 0.6) is 0 Å². The van der Waals surface area contributed by atoms with E-state index in [2.05, 4.69) is 27.9 Å². The van der Waals surface area contributed by atoms with Crippen molar-refractivity contribution in [3.8, 4) is 0 Å². The second-order valence-corrected chi connectivity index (χ2v) is 7.73. The van der Waals surface area contributed by atoms with E-state index < -0.39 is 0 Å². The Labute approximate surface area is 153 Å². The van der Waals surface area contributed by atoms with Crippen molar-refractivity contribution in [1.29, 1.82) is 0 Å². The molecule has 3 rings (SSSR count). The molecule has 0 saturated carbocycles. The van der Waals surface area contributed by atoms with Gasteiger partial charge < -0.3 is 10.2 Å². The molecule has 2 amide bonds. The van der Waals surface area contributed by atoms with E-state index in [9.17, 15) is 9.59 Å². The molecule has 0 unspecified atom stereocenters. The van der Waals surface area contributed by atoms with E-state index in [0.717, 1.165) is 14.1 Å². The molecule has 4 nitrogen and oxygen atoms in total. The molecule has 1 aliphatic rings. The topological polar surface area (TPSA) is 49.4 Å². The summed E-state index contributed by atoms with van der Waals surface area (Å²) < 4.78 is 1.14. The predicted octanol–water partition coefficient (Wildman–Crippen LogP) is 3.84. The summed E-state index contributed by atoms with van der Waals surface area (Å²) in [5.74, 6) is 0.104. The molecule has 6 heteroatoms. The Balaban J connectivity index is 1.53. The summed E-state index contributed by atoms with van der Waals surface area (Å²) >= 11 is 3.70. The van der Waals surface area contributed by atoms with Crippen LogP contribution in [-0.2, 0) is 4.79 Å². The first-order valence-corrected chi connectivity index (χ1v) is 9.48. The minimum absolute atomic E-state index is 0.0262. The van der Waals surface area contributed by atoms with Gasteiger partial charge in [0.2, 0.25) is 5.91 Å². The van der Waals surface area contributed by atoms with Crippen molar-refractivity contribution in [2.45, 2.75) is 12.8 Å². The average Bonchev–Trinajstić information content (AvgIpc) is 3.11. The first kappa shape index (κ1) is 16.4. The van der Waals surface area contributed by atoms with Gasteiger partial charge in [0, 0.05) is 28.3 Å². The molecule has 1 saturated heterocycles. The summed E-state index contributed by atoms with van der Waals surface area (Å²) in [5, 5.41) is 4.88. The second kappa shape index (κ2) is 7.44. The molecule has 1 aliphatic heterocycles. The number of carbonyl (C=O) groups is 2. The number of hydrogen-bond acceptors (Lipinski definition) is 3. The van der Waals surface area contributed by atoms with Gasteiger partial charge in [0.1, 0.15) is 0 Å². The number of benzene rings is 1. The lowest BCUT2D eigenvalue weighted by Crippen LogP contribution is -2.41. The zero-order valence-corrected chi connectivity index (χ0v) is 15.5. The number of carbonyl (C=O) groups excluding carboxylic acids is 2. The Kier molecular flexibility index (Phi) is 5.32. The molecule has 120 valence electrons. The largest absolute Gasteiger partial charge is 0.338 e. The number of anilines is 1. The molecule has 0 bridgehead atoms. The summed E-state index contributed by atoms with van der Waals surface area (Å²) in [7, 11) is 0. The van der Waals surface area contributed by atoms with Gasteiger partial charge in [0.25, 0.3) is 5.91 Å². The number of hydrogen-bond donors (Lipinski definition) is 1. The van der Waals surface area contributed by atoms with E-state index in [-0.39, 0.29) is 17.7 Å². The maximum absolute atomic E-state index is 12.3. The van der Waals surface area contributed by atoms with Crippen molar-refractivity contribution in [2.75, 3.05) is 18.4 Å². The zero-order valence-electron chi connectivity index (χ0n) is 12.5. The highest BCUT2D eigenvalue weighted by atomic mass is 127. The second-order valence-electron chi connectivity index (χ2n) is 5.54. The van der Waals surface area contributed by atoms with Gasteiger partial charge in [-0.1, -0.05) is 6.07 Å². The van der Waals surface area contributed by atoms with Gasteiger partial charge in [0.15, 0.2) is 0 Å². The van der Waals surface area contributed by atoms with Crippen LogP contribution in [0.2, 0.25) is 0 Å². The number of nitrogens with zero attached hydrogens (tertiary/aromatic N) is 1. The van der Waals surface area contributed by atoms with Crippen LogP contribution < -0.4 is 5.32 Å². The summed E-state index contributed by atoms with van der Waals surface area (Å²) in [4.78, 5) is 27.3. The summed E-state index contributed by atoms with van der Waals surface area (Å²) in [6.45, 7) is 1.28. The minimum Gasteiger partial charge on any atom is -0.338 e. The van der Waals surface area contributed by atoms with E-state index in [1.807, 2.05) is 46.7 Å². The lowest BCUT2D eigenvalue weighted by molar-refractivity contribution is -0.121. The molecule has 1 aromatic carbocycles. The first-order valence-electron chi connectivity index (χ1n) is 7.52. The van der Waals surface area contributed by atoms with Crippen LogP contribution in [0.3, 0.4) is 0 Å². The molecule has 0 aliphatic carbocycles. The van der Waals surface area contributed by atoms with Crippen LogP contribution in [0.25, 0.3) is 0 Å². The number of amides is 2. The molecule has 1 N–H and O–H groups in total. The Morgan fingerprint density at radius 3 is 2.43 bits per heavy atom. The Morgan fingerprint density at radius 1 is 1.13 bits per heavy atom. The van der Waals surface area contributed by atoms with E-state index >= 15 is 0 Å². The van der Waals surface area contributed by atoms with Crippen molar-refractivity contribution in [1.82, 2.24) is 4.90 Å². The fourth-order valence-electron chi connectivity index (χ4n) is 2.68. The molecule has 0 spiro atoms. The van der Waals surface area contributed by atoms with Gasteiger partial charge in [0.05, 0.1) is 4.88 Å². The summed E-state index contributed by atoms with van der Waals surface area (Å²) in [5.41, 5.74) is 0.826. The van der Waals surface area contributed by atoms with Crippen LogP contribution in [0.4, 0.5) is 5.69 Å². The monoisotopic (exact) mass is 440 g/mol. The number of likely N-dealkylation sites (tertiary alicyclic amines) is 1. The van der Waals surface area contributed by atoms with Crippen LogP contribution in [-0.4, -0.2) is 29.8 Å². The standard InChI is InChI=1S/C17H17IN2O2S/c18-13-3-5-14(6-4-13)19-16(21)12-7-9-20(10-8-12)17(22)15-2-1-11-23-15/h1-6,11-12H,7-10H2,(H,19,21). The van der Waals surface area contributed by atoms with Crippen LogP contribution >= 0.6 is 33.9 Å². The number of nitrogens with one attached hydrogen (secondary N) is 1. The maximum atomic E-state index is 12.3. The first-order chi connectivity index (χ1) is 11.1. The maximum Gasteiger partial charge on any atom is 0.263 e. The third kappa shape index (κ3) is 4.11. The predicted molar refractivity (Wildman–Crippen MR) is 101 cm³/mol. The third-order valence-corrected chi connectivity index (χ3v) is 5.57. The van der Waals surface area contributed by atoms with Crippen molar-refractivity contribution in [3.63, 3.8) is 0 Å². The highest BCUT2D eigenvalue weighted by Gasteiger charge is 2.28. The van der Waals surface area contributed by atoms with Gasteiger partial charge in [-0.3, -0.25) is 9.59 Å². The van der Waals surface area contributed by atoms with Crippen molar-refractivity contribution in [3.05, 3.63) is 50.2 Å². The van der Waals surface area contributed by atoms with Gasteiger partial charge in [-0.05, 0) is 71.1 Å². The van der Waals surface area contributed by atoms with E-state index in [4.69, 9.17) is 0 Å². The molecule has 1 fully saturated rings. The van der Waals surface area contributed by atoms with Crippen molar-refractivity contribution >= 4 is 51.4 Å². The van der Waals surface area contributed by atoms with E-state index in [1.165, 1.54) is 11.3 Å². The Bertz CT molecular complexity index is 677. The van der Waals surface area contributed by atoms with E-state index in [0.29, 0.717) is 25.9 Å². The zero-order chi connectivity index (χ0) is 16.2. The normalized spacial score (nSPS) is 15.4. The number of piperidine rings is 1. The molecular weight excluding hydrogens is 423 g/mol. The van der Waals surface area contributed by atoms with Gasteiger partial charge in [-0.15, -0.1) is 11.3 Å². The molecule has 0 atom stereocenters.